The molecule has 3 N–H and O–H groups in total. The Balaban J connectivity index is 0.00000338. The van der Waals surface area contributed by atoms with Crippen LogP contribution < -0.4 is 16.0 Å². The van der Waals surface area contributed by atoms with E-state index in [1.807, 2.05) is 24.3 Å². The fourth-order valence-corrected chi connectivity index (χ4v) is 2.53. The number of benzene rings is 1. The van der Waals surface area contributed by atoms with Gasteiger partial charge in [-0.1, -0.05) is 32.4 Å². The van der Waals surface area contributed by atoms with Crippen LogP contribution in [0.3, 0.4) is 0 Å². The van der Waals surface area contributed by atoms with Crippen molar-refractivity contribution in [2.24, 2.45) is 16.8 Å². The third kappa shape index (κ3) is 7.13. The summed E-state index contributed by atoms with van der Waals surface area (Å²) in [5.74, 6) is 1.71. The Morgan fingerprint density at radius 1 is 1.27 bits per heavy atom. The highest BCUT2D eigenvalue weighted by atomic mass is 127. The zero-order valence-electron chi connectivity index (χ0n) is 16.3. The van der Waals surface area contributed by atoms with Crippen molar-refractivity contribution in [1.82, 2.24) is 10.6 Å². The van der Waals surface area contributed by atoms with Crippen molar-refractivity contribution in [2.45, 2.75) is 59.5 Å². The number of carbonyl (C=O) groups is 1. The van der Waals surface area contributed by atoms with Crippen LogP contribution in [0, 0.1) is 11.8 Å². The highest BCUT2D eigenvalue weighted by Gasteiger charge is 2.25. The van der Waals surface area contributed by atoms with Crippen molar-refractivity contribution < 1.29 is 4.79 Å². The van der Waals surface area contributed by atoms with Gasteiger partial charge in [0.05, 0.1) is 6.54 Å². The first-order valence-electron chi connectivity index (χ1n) is 9.44. The van der Waals surface area contributed by atoms with E-state index >= 15 is 0 Å². The largest absolute Gasteiger partial charge is 0.357 e. The number of nitrogens with one attached hydrogen (secondary N) is 3. The second-order valence-corrected chi connectivity index (χ2v) is 7.19. The van der Waals surface area contributed by atoms with Gasteiger partial charge in [0.2, 0.25) is 5.91 Å². The number of halogens is 1. The van der Waals surface area contributed by atoms with E-state index < -0.39 is 0 Å². The highest BCUT2D eigenvalue weighted by molar-refractivity contribution is 14.0. The molecule has 0 spiro atoms. The van der Waals surface area contributed by atoms with Gasteiger partial charge in [0, 0.05) is 24.2 Å². The molecule has 0 saturated heterocycles. The number of amides is 1. The van der Waals surface area contributed by atoms with Gasteiger partial charge in [0.1, 0.15) is 0 Å². The molecule has 0 heterocycles. The van der Waals surface area contributed by atoms with Gasteiger partial charge in [-0.15, -0.1) is 24.0 Å². The van der Waals surface area contributed by atoms with E-state index in [1.165, 1.54) is 6.42 Å². The van der Waals surface area contributed by atoms with E-state index in [0.29, 0.717) is 18.5 Å². The van der Waals surface area contributed by atoms with E-state index in [4.69, 9.17) is 0 Å². The van der Waals surface area contributed by atoms with Crippen LogP contribution in [-0.4, -0.2) is 24.5 Å². The van der Waals surface area contributed by atoms with Crippen molar-refractivity contribution >= 4 is 41.5 Å². The van der Waals surface area contributed by atoms with Gasteiger partial charge in [0.15, 0.2) is 5.96 Å². The second kappa shape index (κ2) is 11.4. The molecule has 146 valence electrons. The minimum Gasteiger partial charge on any atom is -0.357 e. The smallest absolute Gasteiger partial charge is 0.227 e. The fraction of sp³-hybridized carbons (Fsp3) is 0.600. The molecule has 1 unspecified atom stereocenters. The van der Waals surface area contributed by atoms with E-state index in [9.17, 15) is 4.79 Å². The molecule has 26 heavy (non-hydrogen) atoms. The zero-order chi connectivity index (χ0) is 18.2. The van der Waals surface area contributed by atoms with Crippen LogP contribution in [0.2, 0.25) is 0 Å². The third-order valence-corrected chi connectivity index (χ3v) is 4.80. The molecule has 1 amide bonds. The summed E-state index contributed by atoms with van der Waals surface area (Å²) in [6.45, 7) is 10.0. The van der Waals surface area contributed by atoms with Crippen LogP contribution in [0.15, 0.2) is 29.3 Å². The number of nitrogens with zero attached hydrogens (tertiary/aromatic N) is 1. The van der Waals surface area contributed by atoms with Gasteiger partial charge in [-0.05, 0) is 50.3 Å². The van der Waals surface area contributed by atoms with Crippen LogP contribution >= 0.6 is 24.0 Å². The van der Waals surface area contributed by atoms with Gasteiger partial charge in [0.25, 0.3) is 0 Å². The molecule has 1 aromatic carbocycles. The van der Waals surface area contributed by atoms with E-state index in [2.05, 4.69) is 48.6 Å². The average Bonchev–Trinajstić information content (AvgIpc) is 2.51. The molecule has 1 atom stereocenters. The van der Waals surface area contributed by atoms with E-state index in [1.54, 1.807) is 0 Å². The Morgan fingerprint density at radius 3 is 2.58 bits per heavy atom. The molecule has 1 aromatic rings. The molecule has 1 aliphatic rings. The summed E-state index contributed by atoms with van der Waals surface area (Å²) in [6, 6.07) is 8.31. The molecule has 0 bridgehead atoms. The maximum Gasteiger partial charge on any atom is 0.227 e. The second-order valence-electron chi connectivity index (χ2n) is 7.19. The van der Waals surface area contributed by atoms with Gasteiger partial charge >= 0.3 is 0 Å². The molecule has 0 aliphatic heterocycles. The molecule has 2 rings (SSSR count). The summed E-state index contributed by atoms with van der Waals surface area (Å²) >= 11 is 0. The Labute approximate surface area is 174 Å². The van der Waals surface area contributed by atoms with Gasteiger partial charge < -0.3 is 16.0 Å². The van der Waals surface area contributed by atoms with Crippen LogP contribution in [0.5, 0.6) is 0 Å². The standard InChI is InChI=1S/C20H32N4O.HI/c1-5-21-20(23-15(4)14(2)3)22-13-16-8-6-11-18(12-16)24-19(25)17-9-7-10-17;/h6,8,11-12,14-15,17H,5,7,9-10,13H2,1-4H3,(H,24,25)(H2,21,22,23);1H. The zero-order valence-corrected chi connectivity index (χ0v) is 18.7. The molecular weight excluding hydrogens is 439 g/mol. The quantitative estimate of drug-likeness (QED) is 0.318. The summed E-state index contributed by atoms with van der Waals surface area (Å²) in [5.41, 5.74) is 1.94. The summed E-state index contributed by atoms with van der Waals surface area (Å²) < 4.78 is 0. The lowest BCUT2D eigenvalue weighted by molar-refractivity contribution is -0.122. The van der Waals surface area contributed by atoms with Crippen molar-refractivity contribution in [3.63, 3.8) is 0 Å². The molecule has 1 fully saturated rings. The Morgan fingerprint density at radius 2 is 2.00 bits per heavy atom. The minimum atomic E-state index is 0. The number of hydrogen-bond acceptors (Lipinski definition) is 2. The number of aliphatic imine (C=N–C) groups is 1. The summed E-state index contributed by atoms with van der Waals surface area (Å²) in [4.78, 5) is 16.8. The van der Waals surface area contributed by atoms with Gasteiger partial charge in [-0.3, -0.25) is 4.79 Å². The van der Waals surface area contributed by atoms with Crippen LogP contribution in [0.25, 0.3) is 0 Å². The first kappa shape index (κ1) is 22.7. The topological polar surface area (TPSA) is 65.5 Å². The number of carbonyl (C=O) groups excluding carboxylic acids is 1. The first-order chi connectivity index (χ1) is 12.0. The third-order valence-electron chi connectivity index (χ3n) is 4.80. The number of guanidine groups is 1. The Kier molecular flexibility index (Phi) is 9.98. The Bertz CT molecular complexity index is 599. The molecule has 0 aromatic heterocycles. The summed E-state index contributed by atoms with van der Waals surface area (Å²) in [6.07, 6.45) is 3.20. The molecule has 1 aliphatic carbocycles. The van der Waals surface area contributed by atoms with Crippen LogP contribution in [0.1, 0.15) is 52.5 Å². The van der Waals surface area contributed by atoms with Crippen LogP contribution in [-0.2, 0) is 11.3 Å². The lowest BCUT2D eigenvalue weighted by atomic mass is 9.85. The van der Waals surface area contributed by atoms with E-state index in [-0.39, 0.29) is 35.8 Å². The Hall–Kier alpha value is -1.31. The van der Waals surface area contributed by atoms with Gasteiger partial charge in [-0.2, -0.15) is 0 Å². The monoisotopic (exact) mass is 472 g/mol. The number of anilines is 1. The molecular formula is C20H33IN4O. The number of hydrogen-bond donors (Lipinski definition) is 3. The number of rotatable bonds is 7. The average molecular weight is 472 g/mol. The molecule has 6 heteroatoms. The molecule has 5 nitrogen and oxygen atoms in total. The predicted molar refractivity (Wildman–Crippen MR) is 120 cm³/mol. The van der Waals surface area contributed by atoms with Crippen molar-refractivity contribution in [2.75, 3.05) is 11.9 Å². The summed E-state index contributed by atoms with van der Waals surface area (Å²) in [7, 11) is 0. The highest BCUT2D eigenvalue weighted by Crippen LogP contribution is 2.27. The van der Waals surface area contributed by atoms with Crippen molar-refractivity contribution in [3.05, 3.63) is 29.8 Å². The fourth-order valence-electron chi connectivity index (χ4n) is 2.53. The van der Waals surface area contributed by atoms with Crippen LogP contribution in [0.4, 0.5) is 5.69 Å². The van der Waals surface area contributed by atoms with Gasteiger partial charge in [-0.25, -0.2) is 4.99 Å². The SMILES string of the molecule is CCNC(=NCc1cccc(NC(=O)C2CCC2)c1)NC(C)C(C)C.I. The van der Waals surface area contributed by atoms with Crippen molar-refractivity contribution in [1.29, 1.82) is 0 Å². The minimum absolute atomic E-state index is 0. The lowest BCUT2D eigenvalue weighted by Crippen LogP contribution is -2.44. The normalized spacial score (nSPS) is 15.7. The van der Waals surface area contributed by atoms with E-state index in [0.717, 1.165) is 36.6 Å². The summed E-state index contributed by atoms with van der Waals surface area (Å²) in [5, 5.41) is 9.74. The maximum absolute atomic E-state index is 12.1. The molecule has 1 saturated carbocycles. The van der Waals surface area contributed by atoms with Crippen molar-refractivity contribution in [3.8, 4) is 0 Å². The first-order valence-corrected chi connectivity index (χ1v) is 9.44. The predicted octanol–water partition coefficient (Wildman–Crippen LogP) is 4.14. The maximum atomic E-state index is 12.1. The lowest BCUT2D eigenvalue weighted by Gasteiger charge is -2.24. The molecule has 0 radical (unpaired) electrons.